The van der Waals surface area contributed by atoms with Gasteiger partial charge in [0.1, 0.15) is 17.4 Å². The van der Waals surface area contributed by atoms with Crippen LogP contribution in [0.1, 0.15) is 22.5 Å². The number of hydrogen-bond acceptors (Lipinski definition) is 7. The number of benzene rings is 2. The van der Waals surface area contributed by atoms with Crippen LogP contribution in [0.2, 0.25) is 0 Å². The minimum Gasteiger partial charge on any atom is -0.495 e. The van der Waals surface area contributed by atoms with Crippen molar-refractivity contribution in [1.82, 2.24) is 24.5 Å². The van der Waals surface area contributed by atoms with Gasteiger partial charge in [0.05, 0.1) is 36.8 Å². The van der Waals surface area contributed by atoms with E-state index in [0.717, 1.165) is 47.5 Å². The molecule has 0 saturated carbocycles. The molecule has 1 aromatic heterocycles. The number of piperidine rings is 1. The number of carbonyl (C=O) groups excluding carboxylic acids is 1. The Morgan fingerprint density at radius 1 is 1.24 bits per heavy atom. The van der Waals surface area contributed by atoms with Gasteiger partial charge < -0.3 is 30.1 Å². The van der Waals surface area contributed by atoms with E-state index in [-0.39, 0.29) is 11.9 Å². The zero-order chi connectivity index (χ0) is 29.5. The zero-order valence-electron chi connectivity index (χ0n) is 24.6. The first kappa shape index (κ1) is 29.9. The normalized spacial score (nSPS) is 17.1. The fraction of sp³-hybridized carbons (Fsp3) is 0.419. The largest absolute Gasteiger partial charge is 0.495 e. The Morgan fingerprint density at radius 3 is 2.76 bits per heavy atom. The number of nitrogens with zero attached hydrogens (tertiary/aromatic N) is 5. The molecule has 0 bridgehead atoms. The number of alkyl halides is 1. The van der Waals surface area contributed by atoms with Crippen molar-refractivity contribution < 1.29 is 13.9 Å². The van der Waals surface area contributed by atoms with Crippen molar-refractivity contribution in [3.63, 3.8) is 0 Å². The number of rotatable bonds is 10. The van der Waals surface area contributed by atoms with Crippen molar-refractivity contribution in [3.8, 4) is 17.7 Å². The molecule has 1 fully saturated rings. The first-order valence-electron chi connectivity index (χ1n) is 13.8. The van der Waals surface area contributed by atoms with Crippen LogP contribution < -0.4 is 15.4 Å². The van der Waals surface area contributed by atoms with Crippen LogP contribution in [0.4, 0.5) is 15.8 Å². The van der Waals surface area contributed by atoms with E-state index >= 15 is 0 Å². The maximum Gasteiger partial charge on any atom is 0.253 e. The Bertz CT molecular complexity index is 1440. The lowest BCUT2D eigenvalue weighted by Gasteiger charge is -2.33. The molecule has 4 rings (SSSR count). The summed E-state index contributed by atoms with van der Waals surface area (Å²) in [6.07, 6.45) is 1.49. The number of aromatic nitrogens is 2. The van der Waals surface area contributed by atoms with Gasteiger partial charge >= 0.3 is 0 Å². The highest BCUT2D eigenvalue weighted by molar-refractivity contribution is 5.96. The molecular formula is C31H40FN7O2. The fourth-order valence-corrected chi connectivity index (χ4v) is 4.84. The summed E-state index contributed by atoms with van der Waals surface area (Å²) in [5.74, 6) is 3.60. The number of ether oxygens (including phenoxy) is 1. The summed E-state index contributed by atoms with van der Waals surface area (Å²) in [5, 5.41) is 12.3. The smallest absolute Gasteiger partial charge is 0.253 e. The van der Waals surface area contributed by atoms with Crippen LogP contribution in [0.3, 0.4) is 0 Å². The van der Waals surface area contributed by atoms with Crippen LogP contribution in [0.15, 0.2) is 43.0 Å². The highest BCUT2D eigenvalue weighted by atomic mass is 19.1. The molecule has 41 heavy (non-hydrogen) atoms. The van der Waals surface area contributed by atoms with E-state index in [4.69, 9.17) is 9.84 Å². The van der Waals surface area contributed by atoms with E-state index in [1.165, 1.54) is 0 Å². The third kappa shape index (κ3) is 7.17. The Kier molecular flexibility index (Phi) is 9.86. The Hall–Kier alpha value is -4.07. The van der Waals surface area contributed by atoms with Crippen LogP contribution in [-0.4, -0.2) is 111 Å². The van der Waals surface area contributed by atoms with Crippen molar-refractivity contribution in [2.75, 3.05) is 78.7 Å². The van der Waals surface area contributed by atoms with Crippen molar-refractivity contribution in [2.24, 2.45) is 0 Å². The molecule has 2 atom stereocenters. The van der Waals surface area contributed by atoms with Crippen molar-refractivity contribution >= 4 is 34.3 Å². The SMILES string of the molecule is C=Cc1c2cccc(N[C@@H]3CCN(C)C[C@@H]3F)c2nn1C#CCNc1ccc(C(=O)N(C)CCN(C)C)cc1OC. The van der Waals surface area contributed by atoms with E-state index in [1.54, 1.807) is 41.9 Å². The van der Waals surface area contributed by atoms with Gasteiger partial charge in [0.2, 0.25) is 0 Å². The number of anilines is 2. The van der Waals surface area contributed by atoms with Crippen molar-refractivity contribution in [1.29, 1.82) is 0 Å². The molecule has 0 radical (unpaired) electrons. The van der Waals surface area contributed by atoms with E-state index < -0.39 is 6.17 Å². The van der Waals surface area contributed by atoms with Gasteiger partial charge in [-0.3, -0.25) is 4.79 Å². The van der Waals surface area contributed by atoms with Crippen LogP contribution in [0.25, 0.3) is 17.0 Å². The molecule has 0 unspecified atom stereocenters. The Labute approximate surface area is 241 Å². The second-order valence-corrected chi connectivity index (χ2v) is 10.6. The van der Waals surface area contributed by atoms with Gasteiger partial charge in [0, 0.05) is 50.2 Å². The zero-order valence-corrected chi connectivity index (χ0v) is 24.6. The molecule has 3 aromatic rings. The molecule has 1 aliphatic heterocycles. The molecule has 218 valence electrons. The van der Waals surface area contributed by atoms with Gasteiger partial charge in [0.25, 0.3) is 5.91 Å². The summed E-state index contributed by atoms with van der Waals surface area (Å²) in [7, 11) is 9.26. The highest BCUT2D eigenvalue weighted by Gasteiger charge is 2.28. The second kappa shape index (κ2) is 13.5. The van der Waals surface area contributed by atoms with Gasteiger partial charge in [-0.2, -0.15) is 9.78 Å². The average Bonchev–Trinajstić information content (AvgIpc) is 3.33. The highest BCUT2D eigenvalue weighted by Crippen LogP contribution is 2.29. The molecule has 2 heterocycles. The fourth-order valence-electron chi connectivity index (χ4n) is 4.84. The number of halogens is 1. The second-order valence-electron chi connectivity index (χ2n) is 10.6. The molecule has 0 spiro atoms. The maximum absolute atomic E-state index is 14.7. The molecule has 2 aromatic carbocycles. The summed E-state index contributed by atoms with van der Waals surface area (Å²) in [4.78, 5) is 18.6. The van der Waals surface area contributed by atoms with E-state index in [0.29, 0.717) is 30.9 Å². The molecule has 0 aliphatic carbocycles. The summed E-state index contributed by atoms with van der Waals surface area (Å²) in [6, 6.07) is 14.0. The van der Waals surface area contributed by atoms with Gasteiger partial charge in [-0.05, 0) is 57.9 Å². The number of amides is 1. The minimum absolute atomic E-state index is 0.0640. The predicted molar refractivity (Wildman–Crippen MR) is 164 cm³/mol. The summed E-state index contributed by atoms with van der Waals surface area (Å²) < 4.78 is 21.8. The van der Waals surface area contributed by atoms with Crippen LogP contribution >= 0.6 is 0 Å². The number of nitrogens with one attached hydrogen (secondary N) is 2. The monoisotopic (exact) mass is 561 g/mol. The minimum atomic E-state index is -0.955. The number of fused-ring (bicyclic) bond motifs is 1. The summed E-state index contributed by atoms with van der Waals surface area (Å²) in [6.45, 7) is 6.95. The first-order chi connectivity index (χ1) is 19.7. The standard InChI is InChI=1S/C31H40FN7O2/c1-7-28-23-10-8-11-27(34-25-14-17-37(4)21-24(25)32)30(23)35-39(28)16-9-15-33-26-13-12-22(20-29(26)41-6)31(40)38(5)19-18-36(2)3/h7-8,10-13,20,24-25,33-34H,1,14-15,17-19,21H2,2-6H3/t24-,25+/m0/s1. The number of methoxy groups -OCH3 is 1. The molecule has 1 aliphatic rings. The third-order valence-corrected chi connectivity index (χ3v) is 7.25. The van der Waals surface area contributed by atoms with Crippen molar-refractivity contribution in [2.45, 2.75) is 18.6 Å². The van der Waals surface area contributed by atoms with Gasteiger partial charge in [-0.1, -0.05) is 24.6 Å². The molecule has 9 nitrogen and oxygen atoms in total. The molecule has 1 amide bonds. The number of likely N-dealkylation sites (N-methyl/N-ethyl adjacent to an activating group) is 2. The lowest BCUT2D eigenvalue weighted by molar-refractivity contribution is 0.0786. The molecule has 1 saturated heterocycles. The van der Waals surface area contributed by atoms with E-state index in [9.17, 15) is 9.18 Å². The predicted octanol–water partition coefficient (Wildman–Crippen LogP) is 3.70. The third-order valence-electron chi connectivity index (χ3n) is 7.25. The van der Waals surface area contributed by atoms with E-state index in [2.05, 4.69) is 29.2 Å². The topological polar surface area (TPSA) is 77.9 Å². The first-order valence-corrected chi connectivity index (χ1v) is 13.8. The van der Waals surface area contributed by atoms with Gasteiger partial charge in [0.15, 0.2) is 0 Å². The number of likely N-dealkylation sites (tertiary alicyclic amines) is 1. The van der Waals surface area contributed by atoms with Crippen LogP contribution in [0, 0.1) is 12.0 Å². The van der Waals surface area contributed by atoms with Gasteiger partial charge in [-0.15, -0.1) is 0 Å². The van der Waals surface area contributed by atoms with Crippen LogP contribution in [-0.2, 0) is 0 Å². The van der Waals surface area contributed by atoms with Crippen molar-refractivity contribution in [3.05, 3.63) is 54.2 Å². The van der Waals surface area contributed by atoms with E-state index in [1.807, 2.05) is 55.2 Å². The van der Waals surface area contributed by atoms with Gasteiger partial charge in [-0.25, -0.2) is 4.39 Å². The summed E-state index contributed by atoms with van der Waals surface area (Å²) in [5.41, 5.74) is 3.58. The number of carbonyl (C=O) groups is 1. The Balaban J connectivity index is 1.46. The lowest BCUT2D eigenvalue weighted by atomic mass is 10.0. The Morgan fingerprint density at radius 2 is 2.05 bits per heavy atom. The maximum atomic E-state index is 14.7. The average molecular weight is 562 g/mol. The summed E-state index contributed by atoms with van der Waals surface area (Å²) >= 11 is 0. The molecule has 10 heteroatoms. The van der Waals surface area contributed by atoms with Crippen LogP contribution in [0.5, 0.6) is 5.75 Å². The number of hydrogen-bond donors (Lipinski definition) is 2. The quantitative estimate of drug-likeness (QED) is 0.366. The lowest BCUT2D eigenvalue weighted by Crippen LogP contribution is -2.46. The molecular weight excluding hydrogens is 521 g/mol. The molecule has 2 N–H and O–H groups in total.